The fourth-order valence-electron chi connectivity index (χ4n) is 4.03. The van der Waals surface area contributed by atoms with Crippen molar-refractivity contribution in [1.82, 2.24) is 19.9 Å². The van der Waals surface area contributed by atoms with Crippen LogP contribution in [0, 0.1) is 0 Å². The van der Waals surface area contributed by atoms with E-state index in [1.165, 1.54) is 6.20 Å². The van der Waals surface area contributed by atoms with Crippen LogP contribution in [0.1, 0.15) is 18.1 Å². The molecular formula is C24H19F3N6O4. The van der Waals surface area contributed by atoms with E-state index in [0.717, 1.165) is 28.3 Å². The number of rotatable bonds is 5. The Bertz CT molecular complexity index is 1560. The summed E-state index contributed by atoms with van der Waals surface area (Å²) in [6, 6.07) is 6.54. The van der Waals surface area contributed by atoms with Crippen LogP contribution in [0.2, 0.25) is 0 Å². The Kier molecular flexibility index (Phi) is 5.99. The second-order valence-corrected chi connectivity index (χ2v) is 8.17. The summed E-state index contributed by atoms with van der Waals surface area (Å²) in [4.78, 5) is 41.2. The average molecular weight is 512 g/mol. The molecule has 0 radical (unpaired) electrons. The van der Waals surface area contributed by atoms with Crippen LogP contribution in [-0.4, -0.2) is 43.8 Å². The van der Waals surface area contributed by atoms with Crippen molar-refractivity contribution in [3.8, 4) is 11.5 Å². The highest BCUT2D eigenvalue weighted by Crippen LogP contribution is 2.36. The molecule has 3 aromatic heterocycles. The van der Waals surface area contributed by atoms with Crippen LogP contribution >= 0.6 is 0 Å². The number of aromatic nitrogens is 4. The number of nitrogens with zero attached hydrogens (tertiary/aromatic N) is 5. The summed E-state index contributed by atoms with van der Waals surface area (Å²) in [6.07, 6.45) is -1.04. The highest BCUT2D eigenvalue weighted by Gasteiger charge is 2.39. The van der Waals surface area contributed by atoms with Crippen LogP contribution in [0.15, 0.2) is 59.9 Å². The number of urea groups is 1. The Morgan fingerprint density at radius 1 is 1.08 bits per heavy atom. The van der Waals surface area contributed by atoms with E-state index in [-0.39, 0.29) is 17.9 Å². The minimum absolute atomic E-state index is 0.0767. The van der Waals surface area contributed by atoms with Crippen molar-refractivity contribution in [2.24, 2.45) is 0 Å². The normalized spacial score (nSPS) is 16.0. The molecule has 10 nitrogen and oxygen atoms in total. The molecule has 37 heavy (non-hydrogen) atoms. The summed E-state index contributed by atoms with van der Waals surface area (Å²) in [5, 5.41) is 10.6. The van der Waals surface area contributed by atoms with E-state index < -0.39 is 29.6 Å². The Morgan fingerprint density at radius 2 is 1.89 bits per heavy atom. The highest BCUT2D eigenvalue weighted by atomic mass is 19.4. The molecule has 2 amide bonds. The number of benzene rings is 1. The number of hydrogen-bond donors (Lipinski definition) is 2. The van der Waals surface area contributed by atoms with E-state index in [1.54, 1.807) is 24.3 Å². The van der Waals surface area contributed by atoms with Gasteiger partial charge in [-0.05, 0) is 36.2 Å². The van der Waals surface area contributed by atoms with E-state index in [9.17, 15) is 27.9 Å². The van der Waals surface area contributed by atoms with Crippen molar-refractivity contribution >= 4 is 28.6 Å². The minimum atomic E-state index is -4.62. The zero-order valence-electron chi connectivity index (χ0n) is 19.2. The number of carbonyl (C=O) groups excluding carboxylic acids is 1. The first-order valence-corrected chi connectivity index (χ1v) is 11.1. The molecule has 190 valence electrons. The third-order valence-electron chi connectivity index (χ3n) is 5.81. The number of fused-ring (bicyclic) bond motifs is 1. The van der Waals surface area contributed by atoms with Gasteiger partial charge in [-0.25, -0.2) is 14.8 Å². The number of aliphatic hydroxyl groups is 1. The largest absolute Gasteiger partial charge is 0.455 e. The molecule has 0 saturated carbocycles. The number of aromatic amines is 1. The van der Waals surface area contributed by atoms with Gasteiger partial charge in [-0.2, -0.15) is 13.2 Å². The van der Waals surface area contributed by atoms with Gasteiger partial charge in [-0.1, -0.05) is 6.92 Å². The lowest BCUT2D eigenvalue weighted by atomic mass is 10.1. The number of amides is 2. The smallest absolute Gasteiger partial charge is 0.417 e. The van der Waals surface area contributed by atoms with Gasteiger partial charge >= 0.3 is 12.2 Å². The second kappa shape index (κ2) is 9.17. The third-order valence-corrected chi connectivity index (χ3v) is 5.81. The van der Waals surface area contributed by atoms with Crippen molar-refractivity contribution in [3.05, 3.63) is 76.6 Å². The van der Waals surface area contributed by atoms with Crippen LogP contribution in [0.3, 0.4) is 0 Å². The SMILES string of the molecule is CCc1cc(N2C(=O)N(c3cncc(C(F)(F)F)c3)CC2O)ccc1Oc1ccnc2[nH]c(=O)cnc12. The third kappa shape index (κ3) is 4.56. The molecule has 1 unspecified atom stereocenters. The number of aliphatic hydroxyl groups excluding tert-OH is 1. The Morgan fingerprint density at radius 3 is 2.65 bits per heavy atom. The second-order valence-electron chi connectivity index (χ2n) is 8.17. The number of alkyl halides is 3. The Labute approximate surface area is 207 Å². The van der Waals surface area contributed by atoms with Crippen LogP contribution in [-0.2, 0) is 12.6 Å². The van der Waals surface area contributed by atoms with Gasteiger partial charge in [-0.15, -0.1) is 0 Å². The number of anilines is 2. The lowest BCUT2D eigenvalue weighted by Gasteiger charge is -2.22. The van der Waals surface area contributed by atoms with Gasteiger partial charge in [0, 0.05) is 24.1 Å². The lowest BCUT2D eigenvalue weighted by Crippen LogP contribution is -2.35. The maximum Gasteiger partial charge on any atom is 0.417 e. The molecule has 13 heteroatoms. The number of H-pyrrole nitrogens is 1. The molecule has 5 rings (SSSR count). The monoisotopic (exact) mass is 512 g/mol. The molecule has 0 bridgehead atoms. The predicted molar refractivity (Wildman–Crippen MR) is 127 cm³/mol. The number of nitrogens with one attached hydrogen (secondary N) is 1. The van der Waals surface area contributed by atoms with E-state index in [0.29, 0.717) is 40.9 Å². The number of β-amino-alcohol motifs (C(OH)–C–C–N with tert-alkyl or cyclic N) is 1. The maximum atomic E-state index is 13.1. The van der Waals surface area contributed by atoms with Gasteiger partial charge in [0.2, 0.25) is 0 Å². The van der Waals surface area contributed by atoms with Crippen LogP contribution < -0.4 is 20.1 Å². The summed E-state index contributed by atoms with van der Waals surface area (Å²) in [7, 11) is 0. The topological polar surface area (TPSA) is 125 Å². The summed E-state index contributed by atoms with van der Waals surface area (Å²) >= 11 is 0. The Hall–Kier alpha value is -4.52. The summed E-state index contributed by atoms with van der Waals surface area (Å²) in [5.74, 6) is 0.802. The van der Waals surface area contributed by atoms with Crippen molar-refractivity contribution < 1.29 is 27.8 Å². The van der Waals surface area contributed by atoms with Crippen LogP contribution in [0.25, 0.3) is 11.2 Å². The van der Waals surface area contributed by atoms with Gasteiger partial charge < -0.3 is 14.8 Å². The maximum absolute atomic E-state index is 13.1. The molecular weight excluding hydrogens is 493 g/mol. The summed E-state index contributed by atoms with van der Waals surface area (Å²) < 4.78 is 45.4. The molecule has 2 N–H and O–H groups in total. The fraction of sp³-hybridized carbons (Fsp3) is 0.208. The van der Waals surface area contributed by atoms with Crippen LogP contribution in [0.4, 0.5) is 29.3 Å². The minimum Gasteiger partial charge on any atom is -0.455 e. The van der Waals surface area contributed by atoms with E-state index >= 15 is 0 Å². The Balaban J connectivity index is 1.44. The molecule has 4 heterocycles. The molecule has 1 atom stereocenters. The van der Waals surface area contributed by atoms with E-state index in [2.05, 4.69) is 19.9 Å². The molecule has 1 saturated heterocycles. The fourth-order valence-corrected chi connectivity index (χ4v) is 4.03. The number of pyridine rings is 2. The van der Waals surface area contributed by atoms with Crippen molar-refractivity contribution in [1.29, 1.82) is 0 Å². The zero-order chi connectivity index (χ0) is 26.3. The van der Waals surface area contributed by atoms with E-state index in [4.69, 9.17) is 4.74 Å². The van der Waals surface area contributed by atoms with Gasteiger partial charge in [0.15, 0.2) is 17.6 Å². The van der Waals surface area contributed by atoms with Gasteiger partial charge in [0.25, 0.3) is 5.56 Å². The predicted octanol–water partition coefficient (Wildman–Crippen LogP) is 3.85. The summed E-state index contributed by atoms with van der Waals surface area (Å²) in [5.41, 5.74) is 0.157. The lowest BCUT2D eigenvalue weighted by molar-refractivity contribution is -0.137. The first-order valence-electron chi connectivity index (χ1n) is 11.1. The average Bonchev–Trinajstić information content (AvgIpc) is 3.17. The molecule has 1 aromatic carbocycles. The molecule has 1 aliphatic heterocycles. The van der Waals surface area contributed by atoms with Crippen molar-refractivity contribution in [2.45, 2.75) is 25.7 Å². The number of halogens is 3. The molecule has 1 aliphatic rings. The zero-order valence-corrected chi connectivity index (χ0v) is 19.2. The summed E-state index contributed by atoms with van der Waals surface area (Å²) in [6.45, 7) is 1.63. The molecule has 4 aromatic rings. The van der Waals surface area contributed by atoms with Crippen molar-refractivity contribution in [2.75, 3.05) is 16.3 Å². The molecule has 0 spiro atoms. The van der Waals surface area contributed by atoms with E-state index in [1.807, 2.05) is 6.92 Å². The molecule has 1 fully saturated rings. The van der Waals surface area contributed by atoms with Gasteiger partial charge in [0.05, 0.1) is 30.2 Å². The first-order chi connectivity index (χ1) is 17.7. The number of ether oxygens (including phenoxy) is 1. The highest BCUT2D eigenvalue weighted by molar-refractivity contribution is 6.06. The van der Waals surface area contributed by atoms with Crippen molar-refractivity contribution in [3.63, 3.8) is 0 Å². The quantitative estimate of drug-likeness (QED) is 0.416. The number of aryl methyl sites for hydroxylation is 1. The van der Waals surface area contributed by atoms with Crippen LogP contribution in [0.5, 0.6) is 11.5 Å². The number of carbonyl (C=O) groups is 1. The first kappa shape index (κ1) is 24.2. The number of hydrogen-bond acceptors (Lipinski definition) is 7. The standard InChI is InChI=1S/C24H19F3N6O4/c1-2-13-7-15(3-4-17(13)37-18-5-6-29-22-21(18)30-11-19(34)31-22)33-20(35)12-32(23(33)36)16-8-14(9-28-10-16)24(25,26)27/h3-11,20,35H,2,12H2,1H3,(H,29,31,34). The van der Waals surface area contributed by atoms with Gasteiger partial charge in [0.1, 0.15) is 11.3 Å². The molecule has 0 aliphatic carbocycles. The van der Waals surface area contributed by atoms with Gasteiger partial charge in [-0.3, -0.25) is 19.6 Å².